The molecule has 3 rings (SSSR count). The van der Waals surface area contributed by atoms with Crippen molar-refractivity contribution in [2.75, 3.05) is 18.5 Å². The second-order valence-electron chi connectivity index (χ2n) is 6.81. The normalized spacial score (nSPS) is 29.7. The number of fused-ring (bicyclic) bond motifs is 2. The first-order valence-electron chi connectivity index (χ1n) is 7.80. The van der Waals surface area contributed by atoms with Gasteiger partial charge in [0.1, 0.15) is 0 Å². The number of halogens is 1. The summed E-state index contributed by atoms with van der Waals surface area (Å²) >= 11 is 3.65. The van der Waals surface area contributed by atoms with Crippen molar-refractivity contribution < 1.29 is 0 Å². The van der Waals surface area contributed by atoms with Crippen molar-refractivity contribution in [3.63, 3.8) is 0 Å². The lowest BCUT2D eigenvalue weighted by Crippen LogP contribution is -2.28. The van der Waals surface area contributed by atoms with Crippen LogP contribution < -0.4 is 10.6 Å². The molecule has 0 saturated heterocycles. The Hall–Kier alpha value is -0.540. The summed E-state index contributed by atoms with van der Waals surface area (Å²) in [5, 5.41) is 0. The van der Waals surface area contributed by atoms with E-state index in [1.165, 1.54) is 43.5 Å². The van der Waals surface area contributed by atoms with Crippen molar-refractivity contribution in [1.29, 1.82) is 0 Å². The van der Waals surface area contributed by atoms with Crippen LogP contribution in [0.3, 0.4) is 0 Å². The Kier molecular flexibility index (Phi) is 4.09. The van der Waals surface area contributed by atoms with Gasteiger partial charge >= 0.3 is 0 Å². The molecule has 3 heteroatoms. The number of rotatable bonds is 4. The maximum absolute atomic E-state index is 5.97. The van der Waals surface area contributed by atoms with Crippen molar-refractivity contribution in [1.82, 2.24) is 0 Å². The van der Waals surface area contributed by atoms with E-state index in [1.807, 2.05) is 6.92 Å². The molecule has 0 aromatic heterocycles. The fraction of sp³-hybridized carbons (Fsp3) is 0.647. The first-order valence-corrected chi connectivity index (χ1v) is 8.60. The van der Waals surface area contributed by atoms with Crippen LogP contribution in [0.25, 0.3) is 0 Å². The van der Waals surface area contributed by atoms with E-state index < -0.39 is 0 Å². The summed E-state index contributed by atoms with van der Waals surface area (Å²) < 4.78 is 1.13. The van der Waals surface area contributed by atoms with Crippen LogP contribution in [0.2, 0.25) is 0 Å². The molecule has 2 saturated carbocycles. The fourth-order valence-electron chi connectivity index (χ4n) is 4.18. The van der Waals surface area contributed by atoms with Crippen LogP contribution in [0.4, 0.5) is 5.69 Å². The second kappa shape index (κ2) is 5.69. The van der Waals surface area contributed by atoms with E-state index >= 15 is 0 Å². The molecule has 1 aromatic carbocycles. The molecular formula is C17H25BrN2. The number of nitrogens with two attached hydrogens (primary N) is 1. The van der Waals surface area contributed by atoms with E-state index in [0.29, 0.717) is 0 Å². The lowest BCUT2D eigenvalue weighted by molar-refractivity contribution is 0.337. The zero-order valence-electron chi connectivity index (χ0n) is 12.5. The molecule has 3 unspecified atom stereocenters. The van der Waals surface area contributed by atoms with Crippen molar-refractivity contribution in [2.24, 2.45) is 23.5 Å². The maximum atomic E-state index is 5.97. The first-order chi connectivity index (χ1) is 9.54. The van der Waals surface area contributed by atoms with Gasteiger partial charge in [-0.05, 0) is 61.6 Å². The van der Waals surface area contributed by atoms with Crippen molar-refractivity contribution in [3.8, 4) is 0 Å². The van der Waals surface area contributed by atoms with Crippen LogP contribution in [0.15, 0.2) is 22.7 Å². The van der Waals surface area contributed by atoms with Crippen LogP contribution >= 0.6 is 15.9 Å². The van der Waals surface area contributed by atoms with Gasteiger partial charge in [-0.3, -0.25) is 0 Å². The highest BCUT2D eigenvalue weighted by Gasteiger charge is 2.39. The van der Waals surface area contributed by atoms with E-state index in [-0.39, 0.29) is 6.04 Å². The first kappa shape index (κ1) is 14.4. The molecule has 2 aliphatic carbocycles. The van der Waals surface area contributed by atoms with Gasteiger partial charge in [0.25, 0.3) is 0 Å². The van der Waals surface area contributed by atoms with Crippen molar-refractivity contribution >= 4 is 21.6 Å². The summed E-state index contributed by atoms with van der Waals surface area (Å²) in [5.74, 6) is 2.94. The van der Waals surface area contributed by atoms with E-state index in [4.69, 9.17) is 5.73 Å². The summed E-state index contributed by atoms with van der Waals surface area (Å²) in [6, 6.07) is 6.65. The summed E-state index contributed by atoms with van der Waals surface area (Å²) in [6.45, 7) is 3.23. The quantitative estimate of drug-likeness (QED) is 0.885. The predicted octanol–water partition coefficient (Wildman–Crippen LogP) is 4.34. The molecular weight excluding hydrogens is 312 g/mol. The highest BCUT2D eigenvalue weighted by atomic mass is 79.9. The van der Waals surface area contributed by atoms with Crippen LogP contribution in [0, 0.1) is 17.8 Å². The van der Waals surface area contributed by atoms with Crippen LogP contribution in [-0.2, 0) is 0 Å². The molecule has 0 aliphatic heterocycles. The minimum atomic E-state index is 0.0781. The third-order valence-corrected chi connectivity index (χ3v) is 6.00. The number of nitrogens with zero attached hydrogens (tertiary/aromatic N) is 1. The SMILES string of the molecule is C[C@H](N)c1ccc(N(C)CC2CC3CCC2C3)cc1Br. The molecule has 2 nitrogen and oxygen atoms in total. The third-order valence-electron chi connectivity index (χ3n) is 5.31. The number of benzene rings is 1. The van der Waals surface area contributed by atoms with Gasteiger partial charge in [0, 0.05) is 29.8 Å². The van der Waals surface area contributed by atoms with Gasteiger partial charge in [-0.2, -0.15) is 0 Å². The Morgan fingerprint density at radius 1 is 1.35 bits per heavy atom. The number of anilines is 1. The van der Waals surface area contributed by atoms with Crippen LogP contribution in [0.5, 0.6) is 0 Å². The predicted molar refractivity (Wildman–Crippen MR) is 89.0 cm³/mol. The molecule has 110 valence electrons. The van der Waals surface area contributed by atoms with Gasteiger partial charge in [-0.25, -0.2) is 0 Å². The average Bonchev–Trinajstić information content (AvgIpc) is 3.00. The highest BCUT2D eigenvalue weighted by molar-refractivity contribution is 9.10. The molecule has 1 aromatic rings. The zero-order chi connectivity index (χ0) is 14.3. The largest absolute Gasteiger partial charge is 0.374 e. The van der Waals surface area contributed by atoms with Gasteiger partial charge in [-0.15, -0.1) is 0 Å². The Bertz CT molecular complexity index is 486. The maximum Gasteiger partial charge on any atom is 0.0375 e. The summed E-state index contributed by atoms with van der Waals surface area (Å²) in [7, 11) is 2.22. The summed E-state index contributed by atoms with van der Waals surface area (Å²) in [5.41, 5.74) is 8.45. The molecule has 20 heavy (non-hydrogen) atoms. The average molecular weight is 337 g/mol. The minimum Gasteiger partial charge on any atom is -0.374 e. The molecule has 4 atom stereocenters. The van der Waals surface area contributed by atoms with Crippen molar-refractivity contribution in [3.05, 3.63) is 28.2 Å². The standard InChI is InChI=1S/C17H25BrN2/c1-11(19)16-6-5-15(9-17(16)18)20(2)10-14-8-12-3-4-13(14)7-12/h5-6,9,11-14H,3-4,7-8,10,19H2,1-2H3/t11-,12?,13?,14?/m0/s1. The molecule has 0 heterocycles. The van der Waals surface area contributed by atoms with Crippen LogP contribution in [-0.4, -0.2) is 13.6 Å². The smallest absolute Gasteiger partial charge is 0.0375 e. The second-order valence-corrected chi connectivity index (χ2v) is 7.66. The molecule has 0 amide bonds. The van der Waals surface area contributed by atoms with Gasteiger partial charge in [-0.1, -0.05) is 28.4 Å². The van der Waals surface area contributed by atoms with Gasteiger partial charge < -0.3 is 10.6 Å². The molecule has 2 fully saturated rings. The molecule has 2 N–H and O–H groups in total. The van der Waals surface area contributed by atoms with Gasteiger partial charge in [0.2, 0.25) is 0 Å². The van der Waals surface area contributed by atoms with Crippen molar-refractivity contribution in [2.45, 2.75) is 38.6 Å². The lowest BCUT2D eigenvalue weighted by Gasteiger charge is -2.29. The van der Waals surface area contributed by atoms with Gasteiger partial charge in [0.05, 0.1) is 0 Å². The van der Waals surface area contributed by atoms with E-state index in [0.717, 1.165) is 22.2 Å². The summed E-state index contributed by atoms with van der Waals surface area (Å²) in [6.07, 6.45) is 5.90. The zero-order valence-corrected chi connectivity index (χ0v) is 14.1. The Morgan fingerprint density at radius 3 is 2.70 bits per heavy atom. The highest BCUT2D eigenvalue weighted by Crippen LogP contribution is 2.48. The van der Waals surface area contributed by atoms with E-state index in [2.05, 4.69) is 46.1 Å². The molecule has 0 spiro atoms. The Labute approximate surface area is 130 Å². The third kappa shape index (κ3) is 2.75. The van der Waals surface area contributed by atoms with Crippen LogP contribution in [0.1, 0.15) is 44.2 Å². The summed E-state index contributed by atoms with van der Waals surface area (Å²) in [4.78, 5) is 2.42. The minimum absolute atomic E-state index is 0.0781. The Balaban J connectivity index is 1.68. The molecule has 2 aliphatic rings. The number of hydrogen-bond acceptors (Lipinski definition) is 2. The van der Waals surface area contributed by atoms with E-state index in [9.17, 15) is 0 Å². The van der Waals surface area contributed by atoms with Gasteiger partial charge in [0.15, 0.2) is 0 Å². The number of hydrogen-bond donors (Lipinski definition) is 1. The molecule has 2 bridgehead atoms. The fourth-order valence-corrected chi connectivity index (χ4v) is 4.91. The lowest BCUT2D eigenvalue weighted by atomic mass is 9.88. The van der Waals surface area contributed by atoms with E-state index in [1.54, 1.807) is 0 Å². The topological polar surface area (TPSA) is 29.3 Å². The Morgan fingerprint density at radius 2 is 2.15 bits per heavy atom. The molecule has 0 radical (unpaired) electrons. The monoisotopic (exact) mass is 336 g/mol.